The van der Waals surface area contributed by atoms with E-state index in [1.807, 2.05) is 18.2 Å². The molecule has 1 aliphatic heterocycles. The maximum absolute atomic E-state index is 14.0. The molecule has 0 atom stereocenters. The van der Waals surface area contributed by atoms with Gasteiger partial charge in [0, 0.05) is 23.9 Å². The molecule has 0 unspecified atom stereocenters. The van der Waals surface area contributed by atoms with Crippen LogP contribution in [0.4, 0.5) is 4.48 Å². The molecule has 164 valence electrons. The van der Waals surface area contributed by atoms with Gasteiger partial charge in [0.15, 0.2) is 5.78 Å². The lowest BCUT2D eigenvalue weighted by Crippen LogP contribution is -2.34. The van der Waals surface area contributed by atoms with E-state index < -0.39 is 0 Å². The second-order valence-corrected chi connectivity index (χ2v) is 8.00. The van der Waals surface area contributed by atoms with Crippen LogP contribution in [0.3, 0.4) is 0 Å². The van der Waals surface area contributed by atoms with Crippen molar-refractivity contribution >= 4 is 16.7 Å². The molecule has 1 fully saturated rings. The normalized spacial score (nSPS) is 15.3. The zero-order valence-electron chi connectivity index (χ0n) is 18.0. The van der Waals surface area contributed by atoms with Crippen LogP contribution in [-0.2, 0) is 0 Å². The van der Waals surface area contributed by atoms with Gasteiger partial charge in [0.25, 0.3) is 0 Å². The standard InChI is InChI=1S/C24H28FN3O3/c1-17(29)20-9-8-19(16-23(20)30-2)31-15-5-12-27-13-10-18(11-14-27)24-21-6-3-4-7-22(21)28(25)26-24/h3-4,6-9,16,18H,5,10-15H2,1-2H3. The van der Waals surface area contributed by atoms with Crippen LogP contribution in [0.15, 0.2) is 42.5 Å². The Morgan fingerprint density at radius 2 is 1.97 bits per heavy atom. The number of methoxy groups -OCH3 is 1. The molecule has 1 saturated heterocycles. The molecule has 7 heteroatoms. The summed E-state index contributed by atoms with van der Waals surface area (Å²) in [6.07, 6.45) is 2.86. The van der Waals surface area contributed by atoms with E-state index in [1.54, 1.807) is 31.4 Å². The van der Waals surface area contributed by atoms with Gasteiger partial charge in [-0.15, -0.1) is 5.10 Å². The minimum atomic E-state index is -0.0296. The second-order valence-electron chi connectivity index (χ2n) is 8.00. The maximum atomic E-state index is 14.0. The summed E-state index contributed by atoms with van der Waals surface area (Å²) in [5.74, 6) is 1.50. The lowest BCUT2D eigenvalue weighted by molar-refractivity contribution is 0.101. The highest BCUT2D eigenvalue weighted by Gasteiger charge is 2.25. The van der Waals surface area contributed by atoms with Gasteiger partial charge in [-0.05, 0) is 57.5 Å². The van der Waals surface area contributed by atoms with Crippen molar-refractivity contribution in [3.05, 3.63) is 53.7 Å². The number of ether oxygens (including phenoxy) is 2. The van der Waals surface area contributed by atoms with Gasteiger partial charge in [-0.2, -0.15) is 0 Å². The molecule has 0 bridgehead atoms. The number of ketones is 1. The van der Waals surface area contributed by atoms with Gasteiger partial charge in [-0.1, -0.05) is 27.6 Å². The lowest BCUT2D eigenvalue weighted by Gasteiger charge is -2.31. The highest BCUT2D eigenvalue weighted by molar-refractivity contribution is 5.97. The molecule has 3 aromatic rings. The number of carbonyl (C=O) groups excluding carboxylic acids is 1. The van der Waals surface area contributed by atoms with Crippen LogP contribution in [0.2, 0.25) is 0 Å². The SMILES string of the molecule is COc1cc(OCCCN2CCC(c3nn(F)c4ccccc34)CC2)ccc1C(C)=O. The summed E-state index contributed by atoms with van der Waals surface area (Å²) in [5, 5.41) is 5.08. The van der Waals surface area contributed by atoms with E-state index in [0.29, 0.717) is 40.0 Å². The maximum Gasteiger partial charge on any atom is 0.163 e. The van der Waals surface area contributed by atoms with E-state index in [9.17, 15) is 9.28 Å². The van der Waals surface area contributed by atoms with E-state index in [2.05, 4.69) is 10.00 Å². The molecule has 2 aromatic carbocycles. The number of aromatic nitrogens is 2. The number of likely N-dealkylation sites (tertiary alicyclic amines) is 1. The number of piperidine rings is 1. The molecule has 0 saturated carbocycles. The Hall–Kier alpha value is -2.93. The van der Waals surface area contributed by atoms with Crippen LogP contribution in [0, 0.1) is 0 Å². The number of fused-ring (bicyclic) bond motifs is 1. The molecule has 0 amide bonds. The van der Waals surface area contributed by atoms with Crippen molar-refractivity contribution in [2.75, 3.05) is 33.4 Å². The quantitative estimate of drug-likeness (QED) is 0.389. The fraction of sp³-hybridized carbons (Fsp3) is 0.417. The lowest BCUT2D eigenvalue weighted by atomic mass is 9.91. The third-order valence-electron chi connectivity index (χ3n) is 5.99. The highest BCUT2D eigenvalue weighted by atomic mass is 19.2. The Kier molecular flexibility index (Phi) is 6.51. The van der Waals surface area contributed by atoms with E-state index in [4.69, 9.17) is 9.47 Å². The number of hydrogen-bond donors (Lipinski definition) is 0. The predicted octanol–water partition coefficient (Wildman–Crippen LogP) is 4.63. The van der Waals surface area contributed by atoms with Crippen molar-refractivity contribution < 1.29 is 18.7 Å². The van der Waals surface area contributed by atoms with Gasteiger partial charge in [-0.3, -0.25) is 4.79 Å². The minimum Gasteiger partial charge on any atom is -0.496 e. The van der Waals surface area contributed by atoms with Crippen molar-refractivity contribution in [2.45, 2.75) is 32.1 Å². The monoisotopic (exact) mass is 425 g/mol. The molecule has 0 spiro atoms. The number of rotatable bonds is 8. The number of benzene rings is 2. The first-order valence-corrected chi connectivity index (χ1v) is 10.7. The number of nitrogens with zero attached hydrogens (tertiary/aromatic N) is 3. The van der Waals surface area contributed by atoms with Crippen molar-refractivity contribution in [1.29, 1.82) is 0 Å². The smallest absolute Gasteiger partial charge is 0.163 e. The third-order valence-corrected chi connectivity index (χ3v) is 5.99. The summed E-state index contributed by atoms with van der Waals surface area (Å²) in [6, 6.07) is 12.8. The molecule has 0 radical (unpaired) electrons. The van der Waals surface area contributed by atoms with Crippen LogP contribution in [-0.4, -0.2) is 54.0 Å². The predicted molar refractivity (Wildman–Crippen MR) is 118 cm³/mol. The van der Waals surface area contributed by atoms with Crippen molar-refractivity contribution in [3.8, 4) is 11.5 Å². The molecule has 2 heterocycles. The number of hydrogen-bond acceptors (Lipinski definition) is 5. The first kappa shape index (κ1) is 21.3. The van der Waals surface area contributed by atoms with Crippen molar-refractivity contribution in [3.63, 3.8) is 0 Å². The molecule has 31 heavy (non-hydrogen) atoms. The molecule has 4 rings (SSSR count). The number of para-hydroxylation sites is 1. The molecule has 0 aliphatic carbocycles. The Labute approximate surface area is 181 Å². The Balaban J connectivity index is 1.24. The van der Waals surface area contributed by atoms with Crippen LogP contribution < -0.4 is 9.47 Å². The second kappa shape index (κ2) is 9.47. The van der Waals surface area contributed by atoms with Crippen LogP contribution in [0.1, 0.15) is 48.2 Å². The van der Waals surface area contributed by atoms with Gasteiger partial charge in [0.1, 0.15) is 17.0 Å². The first-order chi connectivity index (χ1) is 15.1. The van der Waals surface area contributed by atoms with Gasteiger partial charge in [-0.25, -0.2) is 0 Å². The van der Waals surface area contributed by atoms with Crippen LogP contribution >= 0.6 is 0 Å². The topological polar surface area (TPSA) is 56.6 Å². The summed E-state index contributed by atoms with van der Waals surface area (Å²) >= 11 is 0. The van der Waals surface area contributed by atoms with E-state index >= 15 is 0 Å². The zero-order chi connectivity index (χ0) is 21.8. The van der Waals surface area contributed by atoms with E-state index in [1.165, 1.54) is 6.92 Å². The highest BCUT2D eigenvalue weighted by Crippen LogP contribution is 2.32. The average Bonchev–Trinajstić information content (AvgIpc) is 3.13. The van der Waals surface area contributed by atoms with Crippen molar-refractivity contribution in [1.82, 2.24) is 14.9 Å². The molecule has 1 aromatic heterocycles. The van der Waals surface area contributed by atoms with E-state index in [0.717, 1.165) is 50.0 Å². The fourth-order valence-electron chi connectivity index (χ4n) is 4.32. The van der Waals surface area contributed by atoms with E-state index in [-0.39, 0.29) is 5.78 Å². The largest absolute Gasteiger partial charge is 0.496 e. The van der Waals surface area contributed by atoms with Gasteiger partial charge >= 0.3 is 0 Å². The first-order valence-electron chi connectivity index (χ1n) is 10.7. The minimum absolute atomic E-state index is 0.0296. The molecular weight excluding hydrogens is 397 g/mol. The average molecular weight is 426 g/mol. The molecule has 6 nitrogen and oxygen atoms in total. The third kappa shape index (κ3) is 4.71. The van der Waals surface area contributed by atoms with Crippen LogP contribution in [0.5, 0.6) is 11.5 Å². The zero-order valence-corrected chi connectivity index (χ0v) is 18.0. The Bertz CT molecular complexity index is 1060. The van der Waals surface area contributed by atoms with Crippen molar-refractivity contribution in [2.24, 2.45) is 0 Å². The Morgan fingerprint density at radius 3 is 2.71 bits per heavy atom. The molecular formula is C24H28FN3O3. The number of Topliss-reactive ketones (excluding diaryl/α,β-unsaturated/α-hetero) is 1. The van der Waals surface area contributed by atoms with Gasteiger partial charge < -0.3 is 14.4 Å². The number of carbonyl (C=O) groups is 1. The summed E-state index contributed by atoms with van der Waals surface area (Å²) in [6.45, 7) is 5.01. The summed E-state index contributed by atoms with van der Waals surface area (Å²) in [5.41, 5.74) is 1.98. The summed E-state index contributed by atoms with van der Waals surface area (Å²) < 4.78 is 25.2. The Morgan fingerprint density at radius 1 is 1.19 bits per heavy atom. The van der Waals surface area contributed by atoms with Crippen LogP contribution in [0.25, 0.3) is 10.9 Å². The summed E-state index contributed by atoms with van der Waals surface area (Å²) in [4.78, 5) is 14.5. The molecule has 1 aliphatic rings. The fourth-order valence-corrected chi connectivity index (χ4v) is 4.32. The molecule has 0 N–H and O–H groups in total. The summed E-state index contributed by atoms with van der Waals surface area (Å²) in [7, 11) is 1.55. The van der Waals surface area contributed by atoms with Gasteiger partial charge in [0.2, 0.25) is 0 Å². The van der Waals surface area contributed by atoms with Gasteiger partial charge in [0.05, 0.1) is 25.0 Å². The number of halogens is 1.